The predicted octanol–water partition coefficient (Wildman–Crippen LogP) is -0.127. The van der Waals surface area contributed by atoms with Crippen molar-refractivity contribution in [2.45, 2.75) is 6.54 Å². The summed E-state index contributed by atoms with van der Waals surface area (Å²) in [5.74, 6) is 0.0872. The van der Waals surface area contributed by atoms with E-state index < -0.39 is 11.2 Å². The van der Waals surface area contributed by atoms with Crippen LogP contribution in [0.4, 0.5) is 5.69 Å². The van der Waals surface area contributed by atoms with Crippen molar-refractivity contribution in [1.82, 2.24) is 9.55 Å². The van der Waals surface area contributed by atoms with E-state index in [4.69, 9.17) is 5.73 Å². The zero-order valence-corrected chi connectivity index (χ0v) is 8.88. The zero-order chi connectivity index (χ0) is 12.4. The van der Waals surface area contributed by atoms with Gasteiger partial charge in [0.1, 0.15) is 11.4 Å². The van der Waals surface area contributed by atoms with E-state index in [0.29, 0.717) is 5.56 Å². The van der Waals surface area contributed by atoms with Gasteiger partial charge in [0, 0.05) is 11.8 Å². The van der Waals surface area contributed by atoms with Crippen molar-refractivity contribution in [3.8, 4) is 5.75 Å². The Balaban J connectivity index is 2.44. The van der Waals surface area contributed by atoms with Crippen LogP contribution in [0, 0.1) is 0 Å². The number of aromatic hydroxyl groups is 1. The molecule has 0 spiro atoms. The quantitative estimate of drug-likeness (QED) is 0.672. The summed E-state index contributed by atoms with van der Waals surface area (Å²) in [5.41, 5.74) is 4.77. The van der Waals surface area contributed by atoms with Crippen molar-refractivity contribution >= 4 is 5.69 Å². The van der Waals surface area contributed by atoms with E-state index in [1.807, 2.05) is 0 Å². The Labute approximate surface area is 96.0 Å². The first-order valence-electron chi connectivity index (χ1n) is 4.94. The molecule has 0 saturated carbocycles. The van der Waals surface area contributed by atoms with Crippen LogP contribution in [0.1, 0.15) is 5.56 Å². The van der Waals surface area contributed by atoms with Crippen molar-refractivity contribution in [2.75, 3.05) is 5.73 Å². The van der Waals surface area contributed by atoms with E-state index in [9.17, 15) is 14.7 Å². The molecule has 88 valence electrons. The van der Waals surface area contributed by atoms with Crippen LogP contribution in [0.3, 0.4) is 0 Å². The van der Waals surface area contributed by atoms with Gasteiger partial charge in [-0.15, -0.1) is 0 Å². The lowest BCUT2D eigenvalue weighted by atomic mass is 10.2. The van der Waals surface area contributed by atoms with Gasteiger partial charge in [0.15, 0.2) is 0 Å². The Morgan fingerprint density at radius 3 is 2.71 bits per heavy atom. The third-order valence-electron chi connectivity index (χ3n) is 2.37. The monoisotopic (exact) mass is 233 g/mol. The number of phenolic OH excluding ortho intramolecular Hbond substituents is 1. The summed E-state index contributed by atoms with van der Waals surface area (Å²) in [7, 11) is 0. The van der Waals surface area contributed by atoms with E-state index in [-0.39, 0.29) is 18.0 Å². The molecule has 1 heterocycles. The molecule has 17 heavy (non-hydrogen) atoms. The number of aromatic nitrogens is 2. The Bertz CT molecular complexity index is 657. The average Bonchev–Trinajstić information content (AvgIpc) is 2.29. The van der Waals surface area contributed by atoms with Crippen LogP contribution >= 0.6 is 0 Å². The fraction of sp³-hybridized carbons (Fsp3) is 0.0909. The first kappa shape index (κ1) is 11.0. The molecule has 0 amide bonds. The van der Waals surface area contributed by atoms with Gasteiger partial charge < -0.3 is 10.8 Å². The molecule has 2 rings (SSSR count). The summed E-state index contributed by atoms with van der Waals surface area (Å²) in [6.45, 7) is 0.145. The number of phenols is 1. The van der Waals surface area contributed by atoms with Crippen molar-refractivity contribution in [3.63, 3.8) is 0 Å². The van der Waals surface area contributed by atoms with Crippen LogP contribution < -0.4 is 17.0 Å². The number of anilines is 1. The van der Waals surface area contributed by atoms with Crippen LogP contribution in [0.2, 0.25) is 0 Å². The Kier molecular flexibility index (Phi) is 2.70. The first-order chi connectivity index (χ1) is 8.08. The fourth-order valence-electron chi connectivity index (χ4n) is 1.47. The van der Waals surface area contributed by atoms with E-state index in [2.05, 4.69) is 4.98 Å². The Morgan fingerprint density at radius 2 is 2.00 bits per heavy atom. The number of rotatable bonds is 2. The number of H-pyrrole nitrogens is 1. The molecule has 1 aromatic heterocycles. The van der Waals surface area contributed by atoms with Crippen LogP contribution in [0.5, 0.6) is 5.75 Å². The number of aromatic amines is 1. The fourth-order valence-corrected chi connectivity index (χ4v) is 1.47. The number of hydrogen-bond acceptors (Lipinski definition) is 4. The minimum absolute atomic E-state index is 0.0416. The standard InChI is InChI=1S/C11H11N3O3/c12-8-6-14(11(17)13-10(8)16)5-7-3-1-2-4-9(7)15/h1-4,6,15H,5,12H2,(H,13,16,17). The number of nitrogens with one attached hydrogen (secondary N) is 1. The van der Waals surface area contributed by atoms with Gasteiger partial charge in [0.25, 0.3) is 5.56 Å². The van der Waals surface area contributed by atoms with Crippen LogP contribution in [-0.4, -0.2) is 14.7 Å². The van der Waals surface area contributed by atoms with Gasteiger partial charge in [-0.25, -0.2) is 4.79 Å². The normalized spacial score (nSPS) is 10.4. The number of nitrogen functional groups attached to an aromatic ring is 1. The van der Waals surface area contributed by atoms with Gasteiger partial charge in [-0.05, 0) is 6.07 Å². The lowest BCUT2D eigenvalue weighted by molar-refractivity contribution is 0.465. The van der Waals surface area contributed by atoms with E-state index >= 15 is 0 Å². The SMILES string of the molecule is Nc1cn(Cc2ccccc2O)c(=O)[nH]c1=O. The molecule has 1 aromatic carbocycles. The molecule has 0 atom stereocenters. The highest BCUT2D eigenvalue weighted by Gasteiger charge is 2.04. The van der Waals surface area contributed by atoms with Gasteiger partial charge in [-0.1, -0.05) is 18.2 Å². The molecular weight excluding hydrogens is 222 g/mol. The molecule has 0 aliphatic rings. The van der Waals surface area contributed by atoms with Crippen molar-refractivity contribution in [1.29, 1.82) is 0 Å². The van der Waals surface area contributed by atoms with Gasteiger partial charge in [0.2, 0.25) is 0 Å². The van der Waals surface area contributed by atoms with Gasteiger partial charge >= 0.3 is 5.69 Å². The number of para-hydroxylation sites is 1. The van der Waals surface area contributed by atoms with Crippen molar-refractivity contribution in [3.05, 3.63) is 56.9 Å². The lowest BCUT2D eigenvalue weighted by Gasteiger charge is -2.07. The number of benzene rings is 1. The highest BCUT2D eigenvalue weighted by Crippen LogP contribution is 2.15. The first-order valence-corrected chi connectivity index (χ1v) is 4.94. The summed E-state index contributed by atoms with van der Waals surface area (Å²) in [4.78, 5) is 24.6. The largest absolute Gasteiger partial charge is 0.508 e. The summed E-state index contributed by atoms with van der Waals surface area (Å²) in [6.07, 6.45) is 1.26. The van der Waals surface area contributed by atoms with Crippen LogP contribution in [0.15, 0.2) is 40.1 Å². The molecule has 0 fully saturated rings. The molecule has 2 aromatic rings. The smallest absolute Gasteiger partial charge is 0.328 e. The molecular formula is C11H11N3O3. The minimum Gasteiger partial charge on any atom is -0.508 e. The summed E-state index contributed by atoms with van der Waals surface area (Å²) in [6, 6.07) is 6.64. The Morgan fingerprint density at radius 1 is 1.29 bits per heavy atom. The molecule has 0 aliphatic heterocycles. The molecule has 4 N–H and O–H groups in total. The van der Waals surface area contributed by atoms with Crippen LogP contribution in [-0.2, 0) is 6.54 Å². The molecule has 0 aliphatic carbocycles. The van der Waals surface area contributed by atoms with Gasteiger partial charge in [0.05, 0.1) is 6.54 Å². The minimum atomic E-state index is -0.608. The third kappa shape index (κ3) is 2.20. The van der Waals surface area contributed by atoms with E-state index in [0.717, 1.165) is 0 Å². The highest BCUT2D eigenvalue weighted by atomic mass is 16.3. The second-order valence-corrected chi connectivity index (χ2v) is 3.60. The van der Waals surface area contributed by atoms with Crippen LogP contribution in [0.25, 0.3) is 0 Å². The summed E-state index contributed by atoms with van der Waals surface area (Å²) >= 11 is 0. The molecule has 0 unspecified atom stereocenters. The van der Waals surface area contributed by atoms with Crippen molar-refractivity contribution < 1.29 is 5.11 Å². The van der Waals surface area contributed by atoms with Gasteiger partial charge in [-0.3, -0.25) is 14.3 Å². The summed E-state index contributed by atoms with van der Waals surface area (Å²) in [5, 5.41) is 9.57. The summed E-state index contributed by atoms with van der Waals surface area (Å²) < 4.78 is 1.23. The van der Waals surface area contributed by atoms with E-state index in [1.54, 1.807) is 18.2 Å². The topological polar surface area (TPSA) is 101 Å². The molecule has 6 nitrogen and oxygen atoms in total. The number of nitrogens with zero attached hydrogens (tertiary/aromatic N) is 1. The van der Waals surface area contributed by atoms with E-state index in [1.165, 1.54) is 16.8 Å². The predicted molar refractivity (Wildman–Crippen MR) is 62.9 cm³/mol. The maximum Gasteiger partial charge on any atom is 0.328 e. The molecule has 0 radical (unpaired) electrons. The third-order valence-corrected chi connectivity index (χ3v) is 2.37. The van der Waals surface area contributed by atoms with Crippen molar-refractivity contribution in [2.24, 2.45) is 0 Å². The second-order valence-electron chi connectivity index (χ2n) is 3.60. The zero-order valence-electron chi connectivity index (χ0n) is 8.88. The Hall–Kier alpha value is -2.50. The number of nitrogens with two attached hydrogens (primary N) is 1. The van der Waals surface area contributed by atoms with Gasteiger partial charge in [-0.2, -0.15) is 0 Å². The second kappa shape index (κ2) is 4.17. The molecule has 0 bridgehead atoms. The average molecular weight is 233 g/mol. The highest BCUT2D eigenvalue weighted by molar-refractivity contribution is 5.34. The molecule has 0 saturated heterocycles. The molecule has 6 heteroatoms. The lowest BCUT2D eigenvalue weighted by Crippen LogP contribution is -2.31. The maximum atomic E-state index is 11.5. The maximum absolute atomic E-state index is 11.5. The number of hydrogen-bond donors (Lipinski definition) is 3.